The van der Waals surface area contributed by atoms with Gasteiger partial charge in [0.05, 0.1) is 12.6 Å². The minimum Gasteiger partial charge on any atom is -0.496 e. The fourth-order valence-corrected chi connectivity index (χ4v) is 3.27. The Bertz CT molecular complexity index is 866. The summed E-state index contributed by atoms with van der Waals surface area (Å²) in [5, 5.41) is 4.35. The van der Waals surface area contributed by atoms with Crippen molar-refractivity contribution >= 4 is 34.1 Å². The van der Waals surface area contributed by atoms with Gasteiger partial charge in [0, 0.05) is 18.0 Å². The van der Waals surface area contributed by atoms with E-state index in [0.717, 1.165) is 18.4 Å². The minimum atomic E-state index is -0.377. The first-order valence-corrected chi connectivity index (χ1v) is 9.54. The van der Waals surface area contributed by atoms with Gasteiger partial charge in [-0.1, -0.05) is 23.8 Å². The van der Waals surface area contributed by atoms with Crippen molar-refractivity contribution in [1.82, 2.24) is 21.2 Å². The zero-order valence-electron chi connectivity index (χ0n) is 15.4. The van der Waals surface area contributed by atoms with Gasteiger partial charge in [0.25, 0.3) is 5.91 Å². The first-order valence-electron chi connectivity index (χ1n) is 9.13. The highest BCUT2D eigenvalue weighted by molar-refractivity contribution is 7.80. The van der Waals surface area contributed by atoms with Crippen molar-refractivity contribution in [3.8, 4) is 5.75 Å². The van der Waals surface area contributed by atoms with E-state index < -0.39 is 0 Å². The maximum atomic E-state index is 12.4. The summed E-state index contributed by atoms with van der Waals surface area (Å²) < 4.78 is 5.37. The van der Waals surface area contributed by atoms with Gasteiger partial charge in [0.2, 0.25) is 0 Å². The molecule has 1 heterocycles. The highest BCUT2D eigenvalue weighted by Crippen LogP contribution is 2.24. The number of pyridine rings is 1. The van der Waals surface area contributed by atoms with Crippen molar-refractivity contribution in [2.75, 3.05) is 13.7 Å². The van der Waals surface area contributed by atoms with Crippen molar-refractivity contribution in [2.45, 2.75) is 32.1 Å². The second-order valence-corrected chi connectivity index (χ2v) is 6.83. The maximum Gasteiger partial charge on any atom is 0.288 e. The molecule has 27 heavy (non-hydrogen) atoms. The molecule has 1 aromatic heterocycles. The summed E-state index contributed by atoms with van der Waals surface area (Å²) in [4.78, 5) is 16.8. The van der Waals surface area contributed by atoms with E-state index in [0.29, 0.717) is 16.4 Å². The summed E-state index contributed by atoms with van der Waals surface area (Å²) in [7, 11) is 1.57. The molecule has 3 rings (SSSR count). The van der Waals surface area contributed by atoms with Crippen LogP contribution in [-0.4, -0.2) is 29.7 Å². The van der Waals surface area contributed by atoms with Crippen molar-refractivity contribution in [2.24, 2.45) is 0 Å². The first-order chi connectivity index (χ1) is 13.2. The molecular formula is C20H24N4O2S. The molecule has 1 aliphatic rings. The average Bonchev–Trinajstić information content (AvgIpc) is 2.72. The van der Waals surface area contributed by atoms with E-state index >= 15 is 0 Å². The van der Waals surface area contributed by atoms with Crippen LogP contribution >= 0.6 is 12.2 Å². The minimum absolute atomic E-state index is 0.258. The van der Waals surface area contributed by atoms with Crippen LogP contribution in [-0.2, 0) is 0 Å². The quantitative estimate of drug-likeness (QED) is 0.417. The van der Waals surface area contributed by atoms with Crippen LogP contribution in [0.1, 0.15) is 42.6 Å². The Morgan fingerprint density at radius 1 is 1.26 bits per heavy atom. The predicted octanol–water partition coefficient (Wildman–Crippen LogP) is 3.24. The van der Waals surface area contributed by atoms with Crippen LogP contribution in [0.5, 0.6) is 5.75 Å². The Hall–Kier alpha value is -2.67. The lowest BCUT2D eigenvalue weighted by atomic mass is 9.97. The van der Waals surface area contributed by atoms with Gasteiger partial charge in [-0.25, -0.2) is 4.98 Å². The Morgan fingerprint density at radius 3 is 2.89 bits per heavy atom. The molecule has 0 saturated carbocycles. The van der Waals surface area contributed by atoms with Gasteiger partial charge in [0.1, 0.15) is 11.4 Å². The molecule has 0 atom stereocenters. The molecule has 0 radical (unpaired) electrons. The van der Waals surface area contributed by atoms with E-state index in [9.17, 15) is 4.79 Å². The summed E-state index contributed by atoms with van der Waals surface area (Å²) in [6.07, 6.45) is 8.20. The van der Waals surface area contributed by atoms with Crippen LogP contribution in [0, 0.1) is 0 Å². The van der Waals surface area contributed by atoms with E-state index in [2.05, 4.69) is 27.2 Å². The second-order valence-electron chi connectivity index (χ2n) is 6.42. The number of benzene rings is 1. The highest BCUT2D eigenvalue weighted by Gasteiger charge is 2.12. The lowest BCUT2D eigenvalue weighted by Crippen LogP contribution is -2.47. The first kappa shape index (κ1) is 19.1. The topological polar surface area (TPSA) is 75.3 Å². The number of nitrogens with zero attached hydrogens (tertiary/aromatic N) is 1. The number of methoxy groups -OCH3 is 1. The van der Waals surface area contributed by atoms with E-state index in [1.165, 1.54) is 31.3 Å². The molecule has 1 aromatic carbocycles. The van der Waals surface area contributed by atoms with Crippen molar-refractivity contribution in [3.63, 3.8) is 0 Å². The normalized spacial score (nSPS) is 13.6. The summed E-state index contributed by atoms with van der Waals surface area (Å²) in [5.74, 6) is 0.227. The van der Waals surface area contributed by atoms with Crippen LogP contribution in [0.3, 0.4) is 0 Å². The van der Waals surface area contributed by atoms with Crippen LogP contribution in [0.15, 0.2) is 42.0 Å². The summed E-state index contributed by atoms with van der Waals surface area (Å²) >= 11 is 5.21. The van der Waals surface area contributed by atoms with Crippen molar-refractivity contribution in [1.29, 1.82) is 0 Å². The lowest BCUT2D eigenvalue weighted by Gasteiger charge is -2.15. The third kappa shape index (κ3) is 5.17. The van der Waals surface area contributed by atoms with Crippen LogP contribution in [0.25, 0.3) is 10.9 Å². The number of para-hydroxylation sites is 1. The van der Waals surface area contributed by atoms with Gasteiger partial charge in [-0.05, 0) is 56.5 Å². The predicted molar refractivity (Wildman–Crippen MR) is 111 cm³/mol. The fraction of sp³-hybridized carbons (Fsp3) is 0.350. The smallest absolute Gasteiger partial charge is 0.288 e. The van der Waals surface area contributed by atoms with E-state index in [-0.39, 0.29) is 11.6 Å². The van der Waals surface area contributed by atoms with E-state index in [4.69, 9.17) is 17.0 Å². The number of carbonyl (C=O) groups excluding carboxylic acids is 1. The van der Waals surface area contributed by atoms with Gasteiger partial charge < -0.3 is 10.1 Å². The number of fused-ring (bicyclic) bond motifs is 1. The number of ether oxygens (including phenoxy) is 1. The third-order valence-corrected chi connectivity index (χ3v) is 4.78. The molecule has 0 fully saturated rings. The van der Waals surface area contributed by atoms with Gasteiger partial charge in [-0.2, -0.15) is 0 Å². The number of rotatable bonds is 5. The van der Waals surface area contributed by atoms with Gasteiger partial charge >= 0.3 is 0 Å². The molecule has 0 aliphatic heterocycles. The van der Waals surface area contributed by atoms with Crippen LogP contribution in [0.2, 0.25) is 0 Å². The molecule has 7 heteroatoms. The maximum absolute atomic E-state index is 12.4. The SMILES string of the molecule is COc1cc(C(=O)NNC(=S)NCCC2=CCCCC2)nc2ccccc12. The van der Waals surface area contributed by atoms with Gasteiger partial charge in [-0.3, -0.25) is 15.6 Å². The molecule has 3 N–H and O–H groups in total. The van der Waals surface area contributed by atoms with E-state index in [1.54, 1.807) is 13.2 Å². The number of nitrogens with one attached hydrogen (secondary N) is 3. The number of hydrogen-bond donors (Lipinski definition) is 3. The summed E-state index contributed by atoms with van der Waals surface area (Å²) in [5.41, 5.74) is 7.74. The van der Waals surface area contributed by atoms with Crippen LogP contribution < -0.4 is 20.9 Å². The molecule has 6 nitrogen and oxygen atoms in total. The number of amides is 1. The van der Waals surface area contributed by atoms with Gasteiger partial charge in [0.15, 0.2) is 5.11 Å². The Balaban J connectivity index is 1.52. The van der Waals surface area contributed by atoms with Crippen molar-refractivity contribution in [3.05, 3.63) is 47.7 Å². The average molecular weight is 385 g/mol. The number of hydrogen-bond acceptors (Lipinski definition) is 4. The monoisotopic (exact) mass is 384 g/mol. The second kappa shape index (κ2) is 9.32. The molecule has 0 unspecified atom stereocenters. The summed E-state index contributed by atoms with van der Waals surface area (Å²) in [6, 6.07) is 9.14. The standard InChI is InChI=1S/C20H24N4O2S/c1-26-18-13-17(22-16-10-6-5-9-15(16)18)19(25)23-24-20(27)21-12-11-14-7-3-2-4-8-14/h5-7,9-10,13H,2-4,8,11-12H2,1H3,(H,23,25)(H2,21,24,27). The molecule has 1 aliphatic carbocycles. The third-order valence-electron chi connectivity index (χ3n) is 4.54. The Labute approximate surface area is 164 Å². The number of hydrazine groups is 1. The number of allylic oxidation sites excluding steroid dienone is 1. The molecule has 0 spiro atoms. The number of aromatic nitrogens is 1. The zero-order valence-corrected chi connectivity index (χ0v) is 16.2. The van der Waals surface area contributed by atoms with Crippen molar-refractivity contribution < 1.29 is 9.53 Å². The lowest BCUT2D eigenvalue weighted by molar-refractivity contribution is 0.0938. The largest absolute Gasteiger partial charge is 0.496 e. The Morgan fingerprint density at radius 2 is 2.11 bits per heavy atom. The fourth-order valence-electron chi connectivity index (χ4n) is 3.12. The summed E-state index contributed by atoms with van der Waals surface area (Å²) in [6.45, 7) is 0.746. The number of thiocarbonyl (C=S) groups is 1. The van der Waals surface area contributed by atoms with Gasteiger partial charge in [-0.15, -0.1) is 0 Å². The molecule has 0 bridgehead atoms. The zero-order chi connectivity index (χ0) is 19.1. The molecule has 142 valence electrons. The van der Waals surface area contributed by atoms with Crippen LogP contribution in [0.4, 0.5) is 0 Å². The highest BCUT2D eigenvalue weighted by atomic mass is 32.1. The molecular weight excluding hydrogens is 360 g/mol. The molecule has 1 amide bonds. The molecule has 0 saturated heterocycles. The Kier molecular flexibility index (Phi) is 6.59. The molecule has 2 aromatic rings. The van der Waals surface area contributed by atoms with E-state index in [1.807, 2.05) is 24.3 Å². The number of carbonyl (C=O) groups is 1.